The van der Waals surface area contributed by atoms with Gasteiger partial charge < -0.3 is 9.26 Å². The Morgan fingerprint density at radius 2 is 2.20 bits per heavy atom. The van der Waals surface area contributed by atoms with Gasteiger partial charge in [-0.25, -0.2) is 4.98 Å². The summed E-state index contributed by atoms with van der Waals surface area (Å²) in [5.74, 6) is 2.98. The summed E-state index contributed by atoms with van der Waals surface area (Å²) in [6, 6.07) is 9.95. The summed E-state index contributed by atoms with van der Waals surface area (Å²) in [5.41, 5.74) is 0. The van der Waals surface area contributed by atoms with Gasteiger partial charge >= 0.3 is 0 Å². The Bertz CT molecular complexity index is 774. The molecule has 0 radical (unpaired) electrons. The second-order valence-electron chi connectivity index (χ2n) is 6.21. The van der Waals surface area contributed by atoms with E-state index in [-0.39, 0.29) is 0 Å². The molecule has 0 bridgehead atoms. The number of nitrogens with zero attached hydrogens (tertiary/aromatic N) is 5. The number of hydrogen-bond acceptors (Lipinski definition) is 7. The minimum Gasteiger partial charge on any atom is -0.493 e. The second-order valence-corrected chi connectivity index (χ2v) is 6.21. The lowest BCUT2D eigenvalue weighted by molar-refractivity contribution is 0.115. The normalized spacial score (nSPS) is 18.3. The average Bonchev–Trinajstić information content (AvgIpc) is 3.33. The van der Waals surface area contributed by atoms with Crippen LogP contribution in [0.2, 0.25) is 0 Å². The number of aromatic amines is 1. The van der Waals surface area contributed by atoms with Crippen molar-refractivity contribution < 1.29 is 9.26 Å². The van der Waals surface area contributed by atoms with Gasteiger partial charge in [0.1, 0.15) is 12.1 Å². The molecule has 1 saturated heterocycles. The Hall–Kier alpha value is -2.74. The summed E-state index contributed by atoms with van der Waals surface area (Å²) in [6.07, 6.45) is 3.75. The minimum atomic E-state index is 0.438. The van der Waals surface area contributed by atoms with Gasteiger partial charge in [-0.05, 0) is 31.5 Å². The molecule has 0 saturated carbocycles. The van der Waals surface area contributed by atoms with Gasteiger partial charge in [0.2, 0.25) is 11.7 Å². The van der Waals surface area contributed by atoms with Gasteiger partial charge in [-0.1, -0.05) is 23.4 Å². The molecular formula is C17H20N6O2. The molecule has 1 atom stereocenters. The quantitative estimate of drug-likeness (QED) is 0.735. The number of hydrogen-bond donors (Lipinski definition) is 1. The van der Waals surface area contributed by atoms with Crippen molar-refractivity contribution in [2.45, 2.75) is 19.4 Å². The molecular weight excluding hydrogens is 320 g/mol. The fourth-order valence-electron chi connectivity index (χ4n) is 3.08. The number of aromatic nitrogens is 5. The SMILES string of the molecule is c1ccc(OC[C@@H]2CCCN(Cc3nc(-c4ncn[nH]4)no3)C2)cc1. The highest BCUT2D eigenvalue weighted by Crippen LogP contribution is 2.20. The van der Waals surface area contributed by atoms with Gasteiger partial charge in [-0.2, -0.15) is 10.1 Å². The van der Waals surface area contributed by atoms with Crippen molar-refractivity contribution in [2.75, 3.05) is 19.7 Å². The van der Waals surface area contributed by atoms with Gasteiger partial charge in [0.15, 0.2) is 5.82 Å². The summed E-state index contributed by atoms with van der Waals surface area (Å²) in [6.45, 7) is 3.37. The molecule has 1 fully saturated rings. The third-order valence-electron chi connectivity index (χ3n) is 4.29. The molecule has 0 amide bonds. The highest BCUT2D eigenvalue weighted by Gasteiger charge is 2.22. The zero-order chi connectivity index (χ0) is 16.9. The zero-order valence-electron chi connectivity index (χ0n) is 13.8. The van der Waals surface area contributed by atoms with Crippen LogP contribution in [-0.2, 0) is 6.54 Å². The van der Waals surface area contributed by atoms with Crippen LogP contribution in [0, 0.1) is 5.92 Å². The number of para-hydroxylation sites is 1. The van der Waals surface area contributed by atoms with Crippen LogP contribution < -0.4 is 4.74 Å². The number of piperidine rings is 1. The Labute approximate surface area is 145 Å². The van der Waals surface area contributed by atoms with Crippen LogP contribution >= 0.6 is 0 Å². The lowest BCUT2D eigenvalue weighted by Crippen LogP contribution is -2.37. The molecule has 0 unspecified atom stereocenters. The molecule has 3 aromatic rings. The van der Waals surface area contributed by atoms with Crippen LogP contribution in [0.5, 0.6) is 5.75 Å². The molecule has 1 aromatic carbocycles. The Kier molecular flexibility index (Phi) is 4.69. The lowest BCUT2D eigenvalue weighted by atomic mass is 9.99. The maximum absolute atomic E-state index is 5.90. The monoisotopic (exact) mass is 340 g/mol. The summed E-state index contributed by atoms with van der Waals surface area (Å²) in [7, 11) is 0. The van der Waals surface area contributed by atoms with Crippen LogP contribution in [0.25, 0.3) is 11.6 Å². The van der Waals surface area contributed by atoms with Crippen molar-refractivity contribution in [1.82, 2.24) is 30.2 Å². The van der Waals surface area contributed by atoms with Crippen molar-refractivity contribution >= 4 is 0 Å². The van der Waals surface area contributed by atoms with E-state index in [2.05, 4.69) is 30.2 Å². The highest BCUT2D eigenvalue weighted by molar-refractivity contribution is 5.39. The maximum Gasteiger partial charge on any atom is 0.241 e. The van der Waals surface area contributed by atoms with Crippen LogP contribution in [0.15, 0.2) is 41.2 Å². The molecule has 0 spiro atoms. The number of H-pyrrole nitrogens is 1. The topological polar surface area (TPSA) is 93.0 Å². The third kappa shape index (κ3) is 4.03. The van der Waals surface area contributed by atoms with Gasteiger partial charge in [-0.3, -0.25) is 10.00 Å². The molecule has 0 aliphatic carbocycles. The van der Waals surface area contributed by atoms with Crippen molar-refractivity contribution in [1.29, 1.82) is 0 Å². The molecule has 3 heterocycles. The summed E-state index contributed by atoms with van der Waals surface area (Å²) >= 11 is 0. The number of rotatable bonds is 6. The van der Waals surface area contributed by atoms with Crippen LogP contribution in [0.4, 0.5) is 0 Å². The predicted octanol–water partition coefficient (Wildman–Crippen LogP) is 2.15. The minimum absolute atomic E-state index is 0.438. The number of likely N-dealkylation sites (tertiary alicyclic amines) is 1. The molecule has 2 aromatic heterocycles. The van der Waals surface area contributed by atoms with Crippen LogP contribution in [0.1, 0.15) is 18.7 Å². The first-order valence-electron chi connectivity index (χ1n) is 8.45. The number of ether oxygens (including phenoxy) is 1. The molecule has 25 heavy (non-hydrogen) atoms. The molecule has 1 aliphatic heterocycles. The van der Waals surface area contributed by atoms with E-state index < -0.39 is 0 Å². The van der Waals surface area contributed by atoms with Gasteiger partial charge in [-0.15, -0.1) is 0 Å². The number of benzene rings is 1. The van der Waals surface area contributed by atoms with Gasteiger partial charge in [0.05, 0.1) is 13.2 Å². The third-order valence-corrected chi connectivity index (χ3v) is 4.29. The van der Waals surface area contributed by atoms with Gasteiger partial charge in [0, 0.05) is 12.5 Å². The Morgan fingerprint density at radius 3 is 3.04 bits per heavy atom. The molecule has 1 aliphatic rings. The van der Waals surface area contributed by atoms with E-state index >= 15 is 0 Å². The van der Waals surface area contributed by atoms with E-state index in [9.17, 15) is 0 Å². The Morgan fingerprint density at radius 1 is 1.28 bits per heavy atom. The average molecular weight is 340 g/mol. The Balaban J connectivity index is 1.31. The van der Waals surface area contributed by atoms with Crippen molar-refractivity contribution in [3.8, 4) is 17.4 Å². The van der Waals surface area contributed by atoms with E-state index in [1.807, 2.05) is 30.3 Å². The smallest absolute Gasteiger partial charge is 0.241 e. The highest BCUT2D eigenvalue weighted by atomic mass is 16.5. The molecule has 1 N–H and O–H groups in total. The van der Waals surface area contributed by atoms with E-state index in [0.29, 0.717) is 30.0 Å². The first-order chi connectivity index (χ1) is 12.4. The van der Waals surface area contributed by atoms with Gasteiger partial charge in [0.25, 0.3) is 0 Å². The van der Waals surface area contributed by atoms with E-state index in [0.717, 1.165) is 31.9 Å². The second kappa shape index (κ2) is 7.43. The van der Waals surface area contributed by atoms with E-state index in [4.69, 9.17) is 9.26 Å². The molecule has 4 rings (SSSR count). The molecule has 8 nitrogen and oxygen atoms in total. The first kappa shape index (κ1) is 15.8. The molecule has 8 heteroatoms. The fraction of sp³-hybridized carbons (Fsp3) is 0.412. The van der Waals surface area contributed by atoms with Crippen molar-refractivity contribution in [3.05, 3.63) is 42.5 Å². The summed E-state index contributed by atoms with van der Waals surface area (Å²) in [4.78, 5) is 10.7. The predicted molar refractivity (Wildman–Crippen MR) is 89.6 cm³/mol. The summed E-state index contributed by atoms with van der Waals surface area (Å²) < 4.78 is 11.2. The van der Waals surface area contributed by atoms with E-state index in [1.165, 1.54) is 12.7 Å². The number of nitrogens with one attached hydrogen (secondary N) is 1. The zero-order valence-corrected chi connectivity index (χ0v) is 13.8. The van der Waals surface area contributed by atoms with Crippen molar-refractivity contribution in [3.63, 3.8) is 0 Å². The summed E-state index contributed by atoms with van der Waals surface area (Å²) in [5, 5.41) is 10.5. The first-order valence-corrected chi connectivity index (χ1v) is 8.45. The lowest BCUT2D eigenvalue weighted by Gasteiger charge is -2.31. The van der Waals surface area contributed by atoms with E-state index in [1.54, 1.807) is 0 Å². The largest absolute Gasteiger partial charge is 0.493 e. The van der Waals surface area contributed by atoms with Crippen molar-refractivity contribution in [2.24, 2.45) is 5.92 Å². The fourth-order valence-corrected chi connectivity index (χ4v) is 3.08. The van der Waals surface area contributed by atoms with Crippen LogP contribution in [-0.4, -0.2) is 49.9 Å². The standard InChI is InChI=1S/C17H20N6O2/c1-2-6-14(7-3-1)24-11-13-5-4-8-23(9-13)10-15-20-17(22-25-15)16-18-12-19-21-16/h1-3,6-7,12-13H,4-5,8-11H2,(H,18,19,21)/t13-/m1/s1. The maximum atomic E-state index is 5.90. The molecule has 130 valence electrons. The van der Waals surface area contributed by atoms with Crippen LogP contribution in [0.3, 0.4) is 0 Å².